The lowest BCUT2D eigenvalue weighted by Crippen LogP contribution is -2.47. The normalized spacial score (nSPS) is 17.1. The van der Waals surface area contributed by atoms with Crippen LogP contribution in [0.4, 0.5) is 5.69 Å². The van der Waals surface area contributed by atoms with Gasteiger partial charge in [-0.05, 0) is 83.2 Å². The first-order chi connectivity index (χ1) is 27.2. The van der Waals surface area contributed by atoms with E-state index in [9.17, 15) is 24.0 Å². The van der Waals surface area contributed by atoms with Gasteiger partial charge in [0.15, 0.2) is 0 Å². The molecule has 4 aromatic carbocycles. The van der Waals surface area contributed by atoms with Crippen LogP contribution in [0.1, 0.15) is 72.9 Å². The number of rotatable bonds is 13. The molecule has 2 atom stereocenters. The van der Waals surface area contributed by atoms with Crippen LogP contribution < -0.4 is 33.5 Å². The Morgan fingerprint density at radius 2 is 1.41 bits per heavy atom. The molecule has 6 N–H and O–H groups in total. The molecule has 0 radical (unpaired) electrons. The standard InChI is InChI=1S/C43H50N8O5/c44-26-30-10-12-31(13-11-30)27-47-41(54)38-19-18-37(50-42(55)49(43(56)51(38)50)28-34-7-3-6-32-5-1-2-8-36(32)34)33-20-23-48(24-21-33)40(53)9-4-22-46-39(52)25-29-14-16-35(45)17-15-29/h1-3,5-8,10-17,33,37-38H,4,9,18-28,44-45H2,(H,46,52)(H,47,54). The Bertz CT molecular complexity index is 2300. The van der Waals surface area contributed by atoms with Crippen molar-refractivity contribution >= 4 is 34.2 Å². The smallest absolute Gasteiger partial charge is 0.348 e. The Labute approximate surface area is 325 Å². The lowest BCUT2D eigenvalue weighted by atomic mass is 9.85. The number of amides is 3. The zero-order valence-corrected chi connectivity index (χ0v) is 31.6. The molecule has 0 bridgehead atoms. The molecule has 2 aliphatic rings. The monoisotopic (exact) mass is 758 g/mol. The maximum Gasteiger partial charge on any atom is 0.348 e. The van der Waals surface area contributed by atoms with E-state index < -0.39 is 17.4 Å². The number of nitrogens with two attached hydrogens (primary N) is 2. The number of nitrogens with one attached hydrogen (secondary N) is 2. The van der Waals surface area contributed by atoms with E-state index in [0.717, 1.165) is 33.0 Å². The molecule has 3 amide bonds. The van der Waals surface area contributed by atoms with Gasteiger partial charge in [-0.15, -0.1) is 0 Å². The minimum absolute atomic E-state index is 0.0320. The van der Waals surface area contributed by atoms with E-state index in [0.29, 0.717) is 70.4 Å². The number of aromatic nitrogens is 3. The Hall–Kier alpha value is -5.95. The SMILES string of the molecule is NCc1ccc(CNC(=O)C2CCC(C3CCN(C(=O)CCCNC(=O)Cc4ccc(N)cc4)CC3)n3c(=O)n(Cc4cccc5ccccc45)c(=O)n32)cc1. The summed E-state index contributed by atoms with van der Waals surface area (Å²) in [5.41, 5.74) is 14.8. The lowest BCUT2D eigenvalue weighted by molar-refractivity contribution is -0.133. The van der Waals surface area contributed by atoms with Crippen LogP contribution in [0.3, 0.4) is 0 Å². The van der Waals surface area contributed by atoms with Crippen molar-refractivity contribution in [2.75, 3.05) is 25.4 Å². The summed E-state index contributed by atoms with van der Waals surface area (Å²) in [4.78, 5) is 69.9. The van der Waals surface area contributed by atoms with Gasteiger partial charge in [0.1, 0.15) is 6.04 Å². The average molecular weight is 759 g/mol. The lowest BCUT2D eigenvalue weighted by Gasteiger charge is -2.39. The molecule has 5 aromatic rings. The van der Waals surface area contributed by atoms with Gasteiger partial charge in [0.25, 0.3) is 0 Å². The molecule has 2 aliphatic heterocycles. The number of nitrogen functional groups attached to an aromatic ring is 1. The quantitative estimate of drug-likeness (QED) is 0.105. The number of piperidine rings is 1. The fourth-order valence-corrected chi connectivity index (χ4v) is 8.23. The Kier molecular flexibility index (Phi) is 11.8. The number of hydrogen-bond donors (Lipinski definition) is 4. The Morgan fingerprint density at radius 1 is 0.732 bits per heavy atom. The zero-order chi connectivity index (χ0) is 39.2. The van der Waals surface area contributed by atoms with Crippen LogP contribution >= 0.6 is 0 Å². The topological polar surface area (TPSA) is 179 Å². The van der Waals surface area contributed by atoms with E-state index in [1.165, 1.54) is 9.25 Å². The van der Waals surface area contributed by atoms with Gasteiger partial charge in [0.2, 0.25) is 17.7 Å². The third-order valence-corrected chi connectivity index (χ3v) is 11.3. The van der Waals surface area contributed by atoms with Crippen LogP contribution in [0, 0.1) is 5.92 Å². The van der Waals surface area contributed by atoms with Crippen LogP contribution in [0.15, 0.2) is 101 Å². The number of benzene rings is 4. The molecule has 1 fully saturated rings. The summed E-state index contributed by atoms with van der Waals surface area (Å²) in [5.74, 6) is -0.350. The maximum absolute atomic E-state index is 14.4. The van der Waals surface area contributed by atoms with Crippen molar-refractivity contribution < 1.29 is 14.4 Å². The van der Waals surface area contributed by atoms with Gasteiger partial charge in [0, 0.05) is 44.8 Å². The van der Waals surface area contributed by atoms with Crippen molar-refractivity contribution in [3.05, 3.63) is 134 Å². The first-order valence-corrected chi connectivity index (χ1v) is 19.5. The molecular weight excluding hydrogens is 709 g/mol. The highest BCUT2D eigenvalue weighted by molar-refractivity contribution is 5.85. The number of hydrogen-bond acceptors (Lipinski definition) is 7. The molecule has 56 heavy (non-hydrogen) atoms. The Balaban J connectivity index is 1.03. The van der Waals surface area contributed by atoms with Gasteiger partial charge < -0.3 is 27.0 Å². The van der Waals surface area contributed by atoms with Gasteiger partial charge in [-0.3, -0.25) is 14.4 Å². The highest BCUT2D eigenvalue weighted by atomic mass is 16.2. The second kappa shape index (κ2) is 17.2. The summed E-state index contributed by atoms with van der Waals surface area (Å²) in [6.45, 7) is 2.26. The average Bonchev–Trinajstić information content (AvgIpc) is 3.47. The van der Waals surface area contributed by atoms with E-state index in [-0.39, 0.29) is 49.2 Å². The van der Waals surface area contributed by atoms with Crippen LogP contribution in [0.2, 0.25) is 0 Å². The summed E-state index contributed by atoms with van der Waals surface area (Å²) in [5, 5.41) is 7.87. The Morgan fingerprint density at radius 3 is 2.16 bits per heavy atom. The van der Waals surface area contributed by atoms with E-state index >= 15 is 0 Å². The first kappa shape index (κ1) is 38.3. The van der Waals surface area contributed by atoms with Crippen molar-refractivity contribution in [1.82, 2.24) is 29.5 Å². The van der Waals surface area contributed by atoms with Crippen molar-refractivity contribution in [3.63, 3.8) is 0 Å². The molecule has 0 spiro atoms. The largest absolute Gasteiger partial charge is 0.399 e. The van der Waals surface area contributed by atoms with Gasteiger partial charge in [-0.2, -0.15) is 0 Å². The minimum atomic E-state index is -0.850. The van der Waals surface area contributed by atoms with Crippen molar-refractivity contribution in [1.29, 1.82) is 0 Å². The number of carbonyl (C=O) groups is 3. The zero-order valence-electron chi connectivity index (χ0n) is 31.6. The van der Waals surface area contributed by atoms with Gasteiger partial charge in [0.05, 0.1) is 19.0 Å². The fourth-order valence-electron chi connectivity index (χ4n) is 8.23. The maximum atomic E-state index is 14.4. The van der Waals surface area contributed by atoms with Crippen molar-refractivity contribution in [2.24, 2.45) is 11.7 Å². The third-order valence-electron chi connectivity index (χ3n) is 11.3. The molecular formula is C43H50N8O5. The number of nitrogens with zero attached hydrogens (tertiary/aromatic N) is 4. The number of anilines is 1. The van der Waals surface area contributed by atoms with Crippen LogP contribution in [-0.4, -0.2) is 56.2 Å². The summed E-state index contributed by atoms with van der Waals surface area (Å²) in [6, 6.07) is 27.4. The molecule has 13 heteroatoms. The predicted molar refractivity (Wildman–Crippen MR) is 216 cm³/mol. The number of likely N-dealkylation sites (tertiary alicyclic amines) is 1. The summed E-state index contributed by atoms with van der Waals surface area (Å²) < 4.78 is 4.21. The predicted octanol–water partition coefficient (Wildman–Crippen LogP) is 3.62. The van der Waals surface area contributed by atoms with Gasteiger partial charge >= 0.3 is 11.4 Å². The molecule has 7 rings (SSSR count). The molecule has 3 heterocycles. The molecule has 292 valence electrons. The van der Waals surface area contributed by atoms with Crippen LogP contribution in [-0.2, 0) is 40.4 Å². The van der Waals surface area contributed by atoms with E-state index in [4.69, 9.17) is 11.5 Å². The summed E-state index contributed by atoms with van der Waals surface area (Å²) in [7, 11) is 0. The molecule has 0 aliphatic carbocycles. The summed E-state index contributed by atoms with van der Waals surface area (Å²) >= 11 is 0. The molecule has 2 unspecified atom stereocenters. The van der Waals surface area contributed by atoms with E-state index in [2.05, 4.69) is 10.6 Å². The van der Waals surface area contributed by atoms with Crippen molar-refractivity contribution in [2.45, 2.75) is 76.7 Å². The molecule has 1 aromatic heterocycles. The van der Waals surface area contributed by atoms with Gasteiger partial charge in [-0.25, -0.2) is 23.5 Å². The third kappa shape index (κ3) is 8.47. The summed E-state index contributed by atoms with van der Waals surface area (Å²) in [6.07, 6.45) is 3.39. The second-order valence-electron chi connectivity index (χ2n) is 15.0. The molecule has 0 saturated carbocycles. The highest BCUT2D eigenvalue weighted by Gasteiger charge is 2.40. The molecule has 1 saturated heterocycles. The van der Waals surface area contributed by atoms with Crippen LogP contribution in [0.5, 0.6) is 0 Å². The second-order valence-corrected chi connectivity index (χ2v) is 15.0. The minimum Gasteiger partial charge on any atom is -0.399 e. The van der Waals surface area contributed by atoms with Crippen LogP contribution in [0.25, 0.3) is 10.8 Å². The van der Waals surface area contributed by atoms with E-state index in [1.807, 2.05) is 83.8 Å². The number of carbonyl (C=O) groups excluding carboxylic acids is 3. The van der Waals surface area contributed by atoms with Crippen molar-refractivity contribution in [3.8, 4) is 0 Å². The van der Waals surface area contributed by atoms with Gasteiger partial charge in [-0.1, -0.05) is 78.9 Å². The highest BCUT2D eigenvalue weighted by Crippen LogP contribution is 2.36. The first-order valence-electron chi connectivity index (χ1n) is 19.5. The fraction of sp³-hybridized carbons (Fsp3) is 0.372. The molecule has 13 nitrogen and oxygen atoms in total. The van der Waals surface area contributed by atoms with E-state index in [1.54, 1.807) is 16.8 Å². The number of fused-ring (bicyclic) bond motifs is 2.